The number of likely N-dealkylation sites (N-methyl/N-ethyl adjacent to an activating group) is 1. The van der Waals surface area contributed by atoms with Crippen molar-refractivity contribution in [2.24, 2.45) is 4.99 Å². The van der Waals surface area contributed by atoms with Crippen molar-refractivity contribution >= 4 is 47.4 Å². The van der Waals surface area contributed by atoms with Crippen LogP contribution in [0.25, 0.3) is 0 Å². The van der Waals surface area contributed by atoms with Crippen molar-refractivity contribution in [1.82, 2.24) is 15.5 Å². The van der Waals surface area contributed by atoms with Crippen LogP contribution in [0, 0.1) is 6.92 Å². The molecule has 1 aromatic carbocycles. The Morgan fingerprint density at radius 2 is 2.09 bits per heavy atom. The number of aliphatic imine (C=N–C) groups is 1. The second kappa shape index (κ2) is 11.3. The second-order valence-electron chi connectivity index (χ2n) is 5.06. The number of guanidine groups is 1. The van der Waals surface area contributed by atoms with Gasteiger partial charge in [-0.05, 0) is 24.1 Å². The largest absolute Gasteiger partial charge is 0.353 e. The molecule has 0 spiro atoms. The molecule has 0 saturated heterocycles. The van der Waals surface area contributed by atoms with Crippen molar-refractivity contribution < 1.29 is 4.79 Å². The molecule has 0 bridgehead atoms. The number of carbonyl (C=O) groups is 1. The van der Waals surface area contributed by atoms with Gasteiger partial charge in [-0.3, -0.25) is 4.79 Å². The molecular weight excluding hydrogens is 427 g/mol. The molecule has 0 aromatic heterocycles. The van der Waals surface area contributed by atoms with E-state index in [1.165, 1.54) is 4.90 Å². The normalized spacial score (nSPS) is 10.5. The van der Waals surface area contributed by atoms with Crippen LogP contribution < -0.4 is 10.6 Å². The van der Waals surface area contributed by atoms with E-state index in [-0.39, 0.29) is 36.4 Å². The van der Waals surface area contributed by atoms with Crippen molar-refractivity contribution in [3.63, 3.8) is 0 Å². The van der Waals surface area contributed by atoms with Crippen LogP contribution in [-0.4, -0.2) is 44.0 Å². The number of hydrogen-bond acceptors (Lipinski definition) is 2. The SMILES string of the molecule is C=CCNC(=NCc1ccc(Cl)c(C)c1)NCC(=O)N(C)C.I. The third-order valence-corrected chi connectivity index (χ3v) is 3.39. The predicted molar refractivity (Wildman–Crippen MR) is 108 cm³/mol. The maximum Gasteiger partial charge on any atom is 0.241 e. The molecule has 128 valence electrons. The Morgan fingerprint density at radius 3 is 2.65 bits per heavy atom. The summed E-state index contributed by atoms with van der Waals surface area (Å²) in [6.45, 7) is 6.88. The maximum absolute atomic E-state index is 11.6. The highest BCUT2D eigenvalue weighted by Gasteiger charge is 2.05. The molecule has 1 aromatic rings. The van der Waals surface area contributed by atoms with Gasteiger partial charge >= 0.3 is 0 Å². The van der Waals surface area contributed by atoms with Gasteiger partial charge in [-0.1, -0.05) is 29.8 Å². The molecular formula is C16H24ClIN4O. The Hall–Kier alpha value is -1.28. The topological polar surface area (TPSA) is 56.7 Å². The first kappa shape index (κ1) is 21.7. The highest BCUT2D eigenvalue weighted by Crippen LogP contribution is 2.16. The Kier molecular flexibility index (Phi) is 10.7. The number of nitrogens with zero attached hydrogens (tertiary/aromatic N) is 2. The fraction of sp³-hybridized carbons (Fsp3) is 0.375. The van der Waals surface area contributed by atoms with E-state index in [2.05, 4.69) is 22.2 Å². The average molecular weight is 451 g/mol. The summed E-state index contributed by atoms with van der Waals surface area (Å²) in [4.78, 5) is 17.6. The predicted octanol–water partition coefficient (Wildman–Crippen LogP) is 2.58. The number of amides is 1. The Bertz CT molecular complexity index is 561. The first-order valence-corrected chi connectivity index (χ1v) is 7.40. The summed E-state index contributed by atoms with van der Waals surface area (Å²) in [7, 11) is 3.43. The molecule has 1 amide bonds. The van der Waals surface area contributed by atoms with E-state index >= 15 is 0 Å². The van der Waals surface area contributed by atoms with Gasteiger partial charge in [-0.25, -0.2) is 4.99 Å². The van der Waals surface area contributed by atoms with Crippen molar-refractivity contribution in [2.75, 3.05) is 27.2 Å². The minimum Gasteiger partial charge on any atom is -0.353 e. The van der Waals surface area contributed by atoms with Gasteiger partial charge in [0.25, 0.3) is 0 Å². The summed E-state index contributed by atoms with van der Waals surface area (Å²) in [5.41, 5.74) is 2.08. The molecule has 0 radical (unpaired) electrons. The monoisotopic (exact) mass is 450 g/mol. The van der Waals surface area contributed by atoms with Crippen LogP contribution in [0.2, 0.25) is 5.02 Å². The number of aryl methyl sites for hydroxylation is 1. The third kappa shape index (κ3) is 8.22. The van der Waals surface area contributed by atoms with Crippen LogP contribution in [0.5, 0.6) is 0 Å². The van der Waals surface area contributed by atoms with E-state index in [4.69, 9.17) is 11.6 Å². The van der Waals surface area contributed by atoms with Gasteiger partial charge in [-0.2, -0.15) is 0 Å². The summed E-state index contributed by atoms with van der Waals surface area (Å²) in [6, 6.07) is 5.80. The molecule has 5 nitrogen and oxygen atoms in total. The van der Waals surface area contributed by atoms with E-state index in [0.29, 0.717) is 19.0 Å². The van der Waals surface area contributed by atoms with E-state index in [0.717, 1.165) is 16.1 Å². The van der Waals surface area contributed by atoms with Crippen LogP contribution >= 0.6 is 35.6 Å². The van der Waals surface area contributed by atoms with E-state index in [1.54, 1.807) is 20.2 Å². The number of rotatable bonds is 6. The molecule has 1 rings (SSSR count). The number of carbonyl (C=O) groups excluding carboxylic acids is 1. The lowest BCUT2D eigenvalue weighted by Gasteiger charge is -2.14. The molecule has 2 N–H and O–H groups in total. The first-order chi connectivity index (χ1) is 10.4. The summed E-state index contributed by atoms with van der Waals surface area (Å²) in [5.74, 6) is 0.554. The lowest BCUT2D eigenvalue weighted by atomic mass is 10.1. The zero-order chi connectivity index (χ0) is 16.5. The van der Waals surface area contributed by atoms with Gasteiger partial charge in [-0.15, -0.1) is 30.6 Å². The van der Waals surface area contributed by atoms with E-state index in [1.807, 2.05) is 25.1 Å². The number of nitrogens with one attached hydrogen (secondary N) is 2. The van der Waals surface area contributed by atoms with Gasteiger partial charge in [0.1, 0.15) is 0 Å². The number of halogens is 2. The van der Waals surface area contributed by atoms with Gasteiger partial charge < -0.3 is 15.5 Å². The van der Waals surface area contributed by atoms with Crippen molar-refractivity contribution in [2.45, 2.75) is 13.5 Å². The molecule has 23 heavy (non-hydrogen) atoms. The highest BCUT2D eigenvalue weighted by molar-refractivity contribution is 14.0. The third-order valence-electron chi connectivity index (χ3n) is 2.96. The minimum atomic E-state index is -0.0181. The molecule has 0 heterocycles. The highest BCUT2D eigenvalue weighted by atomic mass is 127. The van der Waals surface area contributed by atoms with Gasteiger partial charge in [0.2, 0.25) is 5.91 Å². The van der Waals surface area contributed by atoms with Crippen molar-refractivity contribution in [3.05, 3.63) is 47.0 Å². The molecule has 0 atom stereocenters. The van der Waals surface area contributed by atoms with Crippen LogP contribution in [0.3, 0.4) is 0 Å². The van der Waals surface area contributed by atoms with E-state index < -0.39 is 0 Å². The average Bonchev–Trinajstić information content (AvgIpc) is 2.49. The van der Waals surface area contributed by atoms with E-state index in [9.17, 15) is 4.79 Å². The molecule has 0 aliphatic carbocycles. The lowest BCUT2D eigenvalue weighted by Crippen LogP contribution is -2.43. The molecule has 7 heteroatoms. The summed E-state index contributed by atoms with van der Waals surface area (Å²) in [5, 5.41) is 6.83. The number of hydrogen-bond donors (Lipinski definition) is 2. The van der Waals surface area contributed by atoms with Gasteiger partial charge in [0, 0.05) is 25.7 Å². The molecule has 0 saturated carbocycles. The Morgan fingerprint density at radius 1 is 1.39 bits per heavy atom. The molecule has 0 fully saturated rings. The quantitative estimate of drug-likeness (QED) is 0.303. The minimum absolute atomic E-state index is 0. The van der Waals surface area contributed by atoms with Crippen LogP contribution in [-0.2, 0) is 11.3 Å². The lowest BCUT2D eigenvalue weighted by molar-refractivity contribution is -0.127. The molecule has 0 aliphatic heterocycles. The Balaban J connectivity index is 0.00000484. The van der Waals surface area contributed by atoms with Crippen LogP contribution in [0.1, 0.15) is 11.1 Å². The van der Waals surface area contributed by atoms with Gasteiger partial charge in [0.15, 0.2) is 5.96 Å². The van der Waals surface area contributed by atoms with Gasteiger partial charge in [0.05, 0.1) is 13.1 Å². The maximum atomic E-state index is 11.6. The fourth-order valence-electron chi connectivity index (χ4n) is 1.64. The molecule has 0 unspecified atom stereocenters. The van der Waals surface area contributed by atoms with Crippen LogP contribution in [0.15, 0.2) is 35.8 Å². The fourth-order valence-corrected chi connectivity index (χ4v) is 1.75. The van der Waals surface area contributed by atoms with Crippen molar-refractivity contribution in [1.29, 1.82) is 0 Å². The van der Waals surface area contributed by atoms with Crippen molar-refractivity contribution in [3.8, 4) is 0 Å². The summed E-state index contributed by atoms with van der Waals surface area (Å²) in [6.07, 6.45) is 1.73. The smallest absolute Gasteiger partial charge is 0.241 e. The standard InChI is InChI=1S/C16H23ClN4O.HI/c1-5-8-18-16(20-11-15(22)21(3)4)19-10-13-6-7-14(17)12(2)9-13;/h5-7,9H,1,8,10-11H2,2-4H3,(H2,18,19,20);1H. The first-order valence-electron chi connectivity index (χ1n) is 7.02. The number of benzene rings is 1. The van der Waals surface area contributed by atoms with Crippen LogP contribution in [0.4, 0.5) is 0 Å². The molecule has 0 aliphatic rings. The Labute approximate surface area is 160 Å². The zero-order valence-corrected chi connectivity index (χ0v) is 16.8. The second-order valence-corrected chi connectivity index (χ2v) is 5.47. The zero-order valence-electron chi connectivity index (χ0n) is 13.7. The summed E-state index contributed by atoms with van der Waals surface area (Å²) < 4.78 is 0. The summed E-state index contributed by atoms with van der Waals surface area (Å²) >= 11 is 6.01.